The lowest BCUT2D eigenvalue weighted by atomic mass is 9.83. The maximum atomic E-state index is 12.4. The summed E-state index contributed by atoms with van der Waals surface area (Å²) in [6.45, 7) is 5.91. The number of fused-ring (bicyclic) bond motifs is 1. The van der Waals surface area contributed by atoms with Crippen LogP contribution in [0.25, 0.3) is 0 Å². The molecule has 2 aliphatic heterocycles. The quantitative estimate of drug-likeness (QED) is 0.892. The van der Waals surface area contributed by atoms with E-state index >= 15 is 0 Å². The predicted molar refractivity (Wildman–Crippen MR) is 87.2 cm³/mol. The van der Waals surface area contributed by atoms with Crippen molar-refractivity contribution in [1.82, 2.24) is 10.6 Å². The normalized spacial score (nSPS) is 23.3. The number of halogens is 1. The average Bonchev–Trinajstić information content (AvgIpc) is 2.53. The number of hydrogen-bond donors (Lipinski definition) is 2. The van der Waals surface area contributed by atoms with Gasteiger partial charge in [0.25, 0.3) is 5.91 Å². The van der Waals surface area contributed by atoms with Gasteiger partial charge in [-0.1, -0.05) is 13.0 Å². The first kappa shape index (κ1) is 16.9. The Morgan fingerprint density at radius 3 is 2.95 bits per heavy atom. The highest BCUT2D eigenvalue weighted by Crippen LogP contribution is 2.33. The topological polar surface area (TPSA) is 59.6 Å². The molecule has 0 aromatic heterocycles. The Kier molecular flexibility index (Phi) is 5.53. The molecule has 0 radical (unpaired) electrons. The molecule has 1 aromatic carbocycles. The molecule has 3 rings (SSSR count). The second-order valence-corrected chi connectivity index (χ2v) is 6.10. The second-order valence-electron chi connectivity index (χ2n) is 6.10. The molecule has 5 nitrogen and oxygen atoms in total. The van der Waals surface area contributed by atoms with Gasteiger partial charge < -0.3 is 20.1 Å². The van der Waals surface area contributed by atoms with Crippen LogP contribution in [0.1, 0.15) is 30.1 Å². The molecule has 2 N–H and O–H groups in total. The van der Waals surface area contributed by atoms with Gasteiger partial charge in [-0.25, -0.2) is 0 Å². The van der Waals surface area contributed by atoms with E-state index in [1.54, 1.807) is 6.07 Å². The minimum Gasteiger partial charge on any atom is -0.486 e. The number of piperidine rings is 1. The highest BCUT2D eigenvalue weighted by Gasteiger charge is 2.28. The number of benzene rings is 1. The van der Waals surface area contributed by atoms with E-state index in [1.807, 2.05) is 12.1 Å². The van der Waals surface area contributed by atoms with Crippen LogP contribution >= 0.6 is 12.4 Å². The molecule has 0 spiro atoms. The van der Waals surface area contributed by atoms with Crippen molar-refractivity contribution in [1.29, 1.82) is 0 Å². The van der Waals surface area contributed by atoms with Crippen LogP contribution in [0.4, 0.5) is 0 Å². The van der Waals surface area contributed by atoms with E-state index in [4.69, 9.17) is 9.47 Å². The van der Waals surface area contributed by atoms with Crippen molar-refractivity contribution < 1.29 is 14.3 Å². The van der Waals surface area contributed by atoms with Gasteiger partial charge in [-0.15, -0.1) is 12.4 Å². The zero-order valence-electron chi connectivity index (χ0n) is 12.8. The third kappa shape index (κ3) is 3.65. The van der Waals surface area contributed by atoms with Gasteiger partial charge in [-0.05, 0) is 36.9 Å². The zero-order valence-corrected chi connectivity index (χ0v) is 13.6. The van der Waals surface area contributed by atoms with E-state index in [0.29, 0.717) is 36.8 Å². The van der Waals surface area contributed by atoms with E-state index in [2.05, 4.69) is 17.6 Å². The fraction of sp³-hybridized carbons (Fsp3) is 0.562. The highest BCUT2D eigenvalue weighted by molar-refractivity contribution is 5.97. The number of hydrogen-bond acceptors (Lipinski definition) is 4. The monoisotopic (exact) mass is 326 g/mol. The molecule has 2 aliphatic rings. The molecule has 122 valence electrons. The minimum atomic E-state index is -0.0934. The highest BCUT2D eigenvalue weighted by atomic mass is 35.5. The first-order valence-electron chi connectivity index (χ1n) is 7.56. The van der Waals surface area contributed by atoms with Crippen LogP contribution in [0.3, 0.4) is 0 Å². The molecule has 0 bridgehead atoms. The number of para-hydroxylation sites is 1. The lowest BCUT2D eigenvalue weighted by molar-refractivity contribution is 0.0914. The lowest BCUT2D eigenvalue weighted by Gasteiger charge is -2.34. The number of rotatable bonds is 3. The summed E-state index contributed by atoms with van der Waals surface area (Å²) in [7, 11) is 0. The fourth-order valence-electron chi connectivity index (χ4n) is 2.91. The second kappa shape index (κ2) is 7.20. The number of ether oxygens (including phenoxy) is 2. The first-order valence-corrected chi connectivity index (χ1v) is 7.56. The molecular weight excluding hydrogens is 304 g/mol. The van der Waals surface area contributed by atoms with Crippen molar-refractivity contribution in [3.8, 4) is 11.5 Å². The fourth-order valence-corrected chi connectivity index (χ4v) is 2.91. The standard InChI is InChI=1S/C16H22N2O3.ClH/c1-16(6-3-7-17-10-16)11-18-15(19)12-4-2-5-13-14(12)21-9-8-20-13;/h2,4-5,17H,3,6-11H2,1H3,(H,18,19);1H. The SMILES string of the molecule is CC1(CNC(=O)c2cccc3c2OCCO3)CCCNC1.Cl. The van der Waals surface area contributed by atoms with Crippen LogP contribution in [-0.2, 0) is 0 Å². The van der Waals surface area contributed by atoms with Gasteiger partial charge in [-0.2, -0.15) is 0 Å². The van der Waals surface area contributed by atoms with Crippen LogP contribution in [0.15, 0.2) is 18.2 Å². The van der Waals surface area contributed by atoms with E-state index in [1.165, 1.54) is 0 Å². The molecule has 1 unspecified atom stereocenters. The van der Waals surface area contributed by atoms with Crippen LogP contribution in [0.2, 0.25) is 0 Å². The molecule has 2 heterocycles. The summed E-state index contributed by atoms with van der Waals surface area (Å²) in [6, 6.07) is 5.44. The van der Waals surface area contributed by atoms with Gasteiger partial charge in [0, 0.05) is 13.1 Å². The summed E-state index contributed by atoms with van der Waals surface area (Å²) in [5.74, 6) is 1.12. The summed E-state index contributed by atoms with van der Waals surface area (Å²) in [4.78, 5) is 12.4. The van der Waals surface area contributed by atoms with E-state index < -0.39 is 0 Å². The number of nitrogens with one attached hydrogen (secondary N) is 2. The van der Waals surface area contributed by atoms with E-state index in [0.717, 1.165) is 25.9 Å². The predicted octanol–water partition coefficient (Wildman–Crippen LogP) is 2.00. The zero-order chi connectivity index (χ0) is 14.7. The van der Waals surface area contributed by atoms with E-state index in [-0.39, 0.29) is 23.7 Å². The molecule has 0 saturated carbocycles. The minimum absolute atomic E-state index is 0. The Morgan fingerprint density at radius 1 is 1.36 bits per heavy atom. The first-order chi connectivity index (χ1) is 10.2. The Bertz CT molecular complexity index is 530. The lowest BCUT2D eigenvalue weighted by Crippen LogP contribution is -2.45. The summed E-state index contributed by atoms with van der Waals surface area (Å²) >= 11 is 0. The third-order valence-corrected chi connectivity index (χ3v) is 4.17. The molecule has 1 saturated heterocycles. The van der Waals surface area contributed by atoms with Crippen molar-refractivity contribution in [2.45, 2.75) is 19.8 Å². The van der Waals surface area contributed by atoms with E-state index in [9.17, 15) is 4.79 Å². The Balaban J connectivity index is 0.00000176. The molecule has 1 aromatic rings. The van der Waals surface area contributed by atoms with Crippen molar-refractivity contribution >= 4 is 18.3 Å². The number of carbonyl (C=O) groups is 1. The maximum absolute atomic E-state index is 12.4. The van der Waals surface area contributed by atoms with Gasteiger partial charge >= 0.3 is 0 Å². The van der Waals surface area contributed by atoms with Crippen LogP contribution in [0.5, 0.6) is 11.5 Å². The molecule has 1 atom stereocenters. The van der Waals surface area contributed by atoms with Crippen molar-refractivity contribution in [2.24, 2.45) is 5.41 Å². The van der Waals surface area contributed by atoms with Crippen molar-refractivity contribution in [3.63, 3.8) is 0 Å². The maximum Gasteiger partial charge on any atom is 0.255 e. The Labute approximate surface area is 137 Å². The molecule has 22 heavy (non-hydrogen) atoms. The summed E-state index contributed by atoms with van der Waals surface area (Å²) in [5, 5.41) is 6.44. The van der Waals surface area contributed by atoms with Gasteiger partial charge in [0.1, 0.15) is 13.2 Å². The Morgan fingerprint density at radius 2 is 2.18 bits per heavy atom. The third-order valence-electron chi connectivity index (χ3n) is 4.17. The van der Waals surface area contributed by atoms with Gasteiger partial charge in [0.05, 0.1) is 5.56 Å². The van der Waals surface area contributed by atoms with Crippen LogP contribution < -0.4 is 20.1 Å². The van der Waals surface area contributed by atoms with Crippen LogP contribution in [-0.4, -0.2) is 38.8 Å². The van der Waals surface area contributed by atoms with Gasteiger partial charge in [0.15, 0.2) is 11.5 Å². The van der Waals surface area contributed by atoms with Crippen LogP contribution in [0, 0.1) is 5.41 Å². The van der Waals surface area contributed by atoms with Gasteiger partial charge in [-0.3, -0.25) is 4.79 Å². The summed E-state index contributed by atoms with van der Waals surface area (Å²) in [6.07, 6.45) is 2.29. The average molecular weight is 327 g/mol. The molecular formula is C16H23ClN2O3. The van der Waals surface area contributed by atoms with Crippen molar-refractivity contribution in [2.75, 3.05) is 32.8 Å². The summed E-state index contributed by atoms with van der Waals surface area (Å²) in [5.41, 5.74) is 0.680. The Hall–Kier alpha value is -1.46. The largest absolute Gasteiger partial charge is 0.486 e. The molecule has 1 amide bonds. The van der Waals surface area contributed by atoms with Crippen molar-refractivity contribution in [3.05, 3.63) is 23.8 Å². The number of amides is 1. The summed E-state index contributed by atoms with van der Waals surface area (Å²) < 4.78 is 11.1. The molecule has 6 heteroatoms. The van der Waals surface area contributed by atoms with Gasteiger partial charge in [0.2, 0.25) is 0 Å². The molecule has 0 aliphatic carbocycles. The molecule has 1 fully saturated rings. The smallest absolute Gasteiger partial charge is 0.255 e. The number of carbonyl (C=O) groups excluding carboxylic acids is 1.